The van der Waals surface area contributed by atoms with Crippen LogP contribution in [0.3, 0.4) is 0 Å². The monoisotopic (exact) mass is 515 g/mol. The number of aliphatic hydroxyl groups excluding tert-OH is 2. The fraction of sp³-hybridized carbons (Fsp3) is 0.259. The van der Waals surface area contributed by atoms with Crippen LogP contribution in [0.4, 0.5) is 4.79 Å². The molecule has 4 rings (SSSR count). The molecule has 1 saturated heterocycles. The van der Waals surface area contributed by atoms with Crippen molar-refractivity contribution < 1.29 is 58.8 Å². The fourth-order valence-corrected chi connectivity index (χ4v) is 4.56. The van der Waals surface area contributed by atoms with Gasteiger partial charge in [0.1, 0.15) is 23.3 Å². The van der Waals surface area contributed by atoms with Gasteiger partial charge < -0.3 is 34.6 Å². The second-order valence-electron chi connectivity index (χ2n) is 8.06. The molecule has 2 N–H and O–H groups in total. The van der Waals surface area contributed by atoms with Crippen molar-refractivity contribution in [1.29, 1.82) is 0 Å². The molecule has 1 unspecified atom stereocenters. The predicted molar refractivity (Wildman–Crippen MR) is 135 cm³/mol. The second-order valence-corrected chi connectivity index (χ2v) is 9.22. The van der Waals surface area contributed by atoms with Crippen molar-refractivity contribution >= 4 is 22.9 Å². The van der Waals surface area contributed by atoms with Crippen molar-refractivity contribution in [3.63, 3.8) is 0 Å². The van der Waals surface area contributed by atoms with Crippen LogP contribution in [0.2, 0.25) is 0 Å². The fourth-order valence-electron chi connectivity index (χ4n) is 3.75. The van der Waals surface area contributed by atoms with Crippen LogP contribution >= 0.6 is 11.8 Å². The van der Waals surface area contributed by atoms with Gasteiger partial charge in [-0.15, -0.1) is 0 Å². The maximum absolute atomic E-state index is 11.7. The Morgan fingerprint density at radius 3 is 2.36 bits per heavy atom. The Bertz CT molecular complexity index is 1190. The van der Waals surface area contributed by atoms with Gasteiger partial charge in [0, 0.05) is 13.0 Å². The minimum atomic E-state index is -0.443. The minimum Gasteiger partial charge on any atom is -0.585 e. The van der Waals surface area contributed by atoms with E-state index in [0.717, 1.165) is 39.6 Å². The van der Waals surface area contributed by atoms with Crippen molar-refractivity contribution in [3.05, 3.63) is 88.7 Å². The number of thioether (sulfide) groups is 1. The molecule has 3 aromatic carbocycles. The molecule has 0 aliphatic carbocycles. The van der Waals surface area contributed by atoms with E-state index in [1.807, 2.05) is 66.7 Å². The van der Waals surface area contributed by atoms with Gasteiger partial charge >= 0.3 is 29.6 Å². The molecular formula is C27H26NNaO6S. The number of ether oxygens (including phenoxy) is 2. The molecule has 7 nitrogen and oxygen atoms in total. The maximum atomic E-state index is 11.7. The normalized spacial score (nSPS) is 14.8. The Hall–Kier alpha value is -2.33. The zero-order valence-corrected chi connectivity index (χ0v) is 22.9. The molecule has 2 amide bonds. The van der Waals surface area contributed by atoms with Gasteiger partial charge in [-0.05, 0) is 64.6 Å². The van der Waals surface area contributed by atoms with Crippen LogP contribution in [0.1, 0.15) is 23.1 Å². The molecule has 0 radical (unpaired) electrons. The van der Waals surface area contributed by atoms with E-state index in [2.05, 4.69) is 5.32 Å². The van der Waals surface area contributed by atoms with Crippen molar-refractivity contribution in [2.45, 2.75) is 31.3 Å². The standard InChI is InChI=1S/C27H27NO6S.Na/c29-11-2-12-33-23-9-10-24(21(15-23)16-30)20-4-1-3-19(13-20)17-34-22-7-5-18(6-8-22)14-25-26(31)28-27(32)35-25;/h1,3-10,13,15,25,29-30H,2,11-12,14,16-17H2,(H,28,31,32);/q;+1/p-1. The van der Waals surface area contributed by atoms with Gasteiger partial charge in [-0.1, -0.05) is 48.2 Å². The van der Waals surface area contributed by atoms with Crippen LogP contribution in [0.5, 0.6) is 11.5 Å². The van der Waals surface area contributed by atoms with Gasteiger partial charge in [-0.2, -0.15) is 0 Å². The summed E-state index contributed by atoms with van der Waals surface area (Å²) in [7, 11) is 0. The Labute approximate surface area is 236 Å². The Balaban J connectivity index is 0.00000361. The first-order chi connectivity index (χ1) is 17.1. The summed E-state index contributed by atoms with van der Waals surface area (Å²) in [6.07, 6.45) is 1.01. The summed E-state index contributed by atoms with van der Waals surface area (Å²) in [4.78, 5) is 23.0. The van der Waals surface area contributed by atoms with Crippen molar-refractivity contribution in [2.75, 3.05) is 13.2 Å². The Kier molecular flexibility index (Phi) is 10.9. The molecule has 0 spiro atoms. The molecule has 1 aliphatic rings. The van der Waals surface area contributed by atoms with Crippen LogP contribution in [0, 0.1) is 0 Å². The third kappa shape index (κ3) is 7.59. The maximum Gasteiger partial charge on any atom is 1.00 e. The first-order valence-corrected chi connectivity index (χ1v) is 12.2. The van der Waals surface area contributed by atoms with Gasteiger partial charge in [0.25, 0.3) is 0 Å². The van der Waals surface area contributed by atoms with E-state index >= 15 is 0 Å². The van der Waals surface area contributed by atoms with E-state index in [1.54, 1.807) is 0 Å². The summed E-state index contributed by atoms with van der Waals surface area (Å²) in [5.41, 5.74) is 4.56. The summed E-state index contributed by atoms with van der Waals surface area (Å²) in [5.74, 6) is 0.991. The minimum absolute atomic E-state index is 0. The number of nitrogens with zero attached hydrogens (tertiary/aromatic N) is 1. The molecule has 0 bridgehead atoms. The quantitative estimate of drug-likeness (QED) is 0.297. The Morgan fingerprint density at radius 2 is 1.67 bits per heavy atom. The van der Waals surface area contributed by atoms with Gasteiger partial charge in [0.05, 0.1) is 24.4 Å². The molecular weight excluding hydrogens is 489 g/mol. The average Bonchev–Trinajstić information content (AvgIpc) is 3.20. The molecule has 0 aromatic heterocycles. The van der Waals surface area contributed by atoms with E-state index < -0.39 is 10.5 Å². The summed E-state index contributed by atoms with van der Waals surface area (Å²) in [6, 6.07) is 21.0. The van der Waals surface area contributed by atoms with Crippen LogP contribution in [0.25, 0.3) is 16.4 Å². The SMILES string of the molecule is O=C1[N-]C(=O)C(Cc2ccc(OCc3cccc(-c4ccc(OCCCO)cc4CO)c3)cc2)S1.[Na+]. The summed E-state index contributed by atoms with van der Waals surface area (Å²) >= 11 is 0.969. The number of carbonyl (C=O) groups is 2. The number of imide groups is 1. The van der Waals surface area contributed by atoms with E-state index in [4.69, 9.17) is 14.6 Å². The van der Waals surface area contributed by atoms with E-state index in [9.17, 15) is 14.7 Å². The van der Waals surface area contributed by atoms with Gasteiger partial charge in [-0.3, -0.25) is 0 Å². The van der Waals surface area contributed by atoms with Crippen molar-refractivity contribution in [3.8, 4) is 22.6 Å². The van der Waals surface area contributed by atoms with Crippen molar-refractivity contribution in [1.82, 2.24) is 0 Å². The number of benzene rings is 3. The topological polar surface area (TPSA) is 107 Å². The van der Waals surface area contributed by atoms with E-state index in [-0.39, 0.29) is 48.7 Å². The van der Waals surface area contributed by atoms with Crippen LogP contribution in [0.15, 0.2) is 66.7 Å². The van der Waals surface area contributed by atoms with Crippen LogP contribution < -0.4 is 39.0 Å². The molecule has 1 aliphatic heterocycles. The smallest absolute Gasteiger partial charge is 0.585 e. The van der Waals surface area contributed by atoms with E-state index in [0.29, 0.717) is 37.6 Å². The average molecular weight is 516 g/mol. The second kappa shape index (κ2) is 13.8. The molecule has 36 heavy (non-hydrogen) atoms. The zero-order valence-electron chi connectivity index (χ0n) is 20.1. The molecule has 0 saturated carbocycles. The molecule has 1 atom stereocenters. The predicted octanol–water partition coefficient (Wildman–Crippen LogP) is 1.87. The number of rotatable bonds is 11. The van der Waals surface area contributed by atoms with Crippen LogP contribution in [-0.4, -0.2) is 39.8 Å². The third-order valence-corrected chi connectivity index (χ3v) is 6.47. The summed E-state index contributed by atoms with van der Waals surface area (Å²) in [5, 5.41) is 21.4. The zero-order chi connectivity index (χ0) is 24.6. The number of amides is 2. The first-order valence-electron chi connectivity index (χ1n) is 11.3. The largest absolute Gasteiger partial charge is 1.00 e. The van der Waals surface area contributed by atoms with Crippen molar-refractivity contribution in [2.24, 2.45) is 0 Å². The molecule has 1 heterocycles. The molecule has 1 fully saturated rings. The molecule has 9 heteroatoms. The summed E-state index contributed by atoms with van der Waals surface area (Å²) in [6.45, 7) is 0.742. The summed E-state index contributed by atoms with van der Waals surface area (Å²) < 4.78 is 11.6. The first kappa shape index (κ1) is 28.2. The van der Waals surface area contributed by atoms with Gasteiger partial charge in [-0.25, -0.2) is 0 Å². The van der Waals surface area contributed by atoms with E-state index in [1.165, 1.54) is 0 Å². The number of aliphatic hydroxyl groups is 2. The number of hydrogen-bond acceptors (Lipinski definition) is 7. The van der Waals surface area contributed by atoms with Gasteiger partial charge in [0.15, 0.2) is 0 Å². The number of hydrogen-bond donors (Lipinski definition) is 2. The molecule has 182 valence electrons. The third-order valence-electron chi connectivity index (χ3n) is 5.53. The molecule has 3 aromatic rings. The number of carbonyl (C=O) groups excluding carboxylic acids is 2. The Morgan fingerprint density at radius 1 is 0.889 bits per heavy atom. The van der Waals surface area contributed by atoms with Gasteiger partial charge in [0.2, 0.25) is 0 Å². The van der Waals surface area contributed by atoms with Crippen LogP contribution in [-0.2, 0) is 24.4 Å².